The van der Waals surface area contributed by atoms with Crippen LogP contribution < -0.4 is 5.32 Å². The van der Waals surface area contributed by atoms with E-state index in [0.29, 0.717) is 6.61 Å². The Morgan fingerprint density at radius 3 is 2.00 bits per heavy atom. The van der Waals surface area contributed by atoms with E-state index in [9.17, 15) is 19.2 Å². The second-order valence-corrected chi connectivity index (χ2v) is 10.8. The van der Waals surface area contributed by atoms with Crippen molar-refractivity contribution >= 4 is 23.8 Å². The molecule has 0 aromatic rings. The summed E-state index contributed by atoms with van der Waals surface area (Å²) in [4.78, 5) is 53.0. The second kappa shape index (κ2) is 12.7. The van der Waals surface area contributed by atoms with Gasteiger partial charge in [0.05, 0.1) is 12.6 Å². The zero-order valence-electron chi connectivity index (χ0n) is 22.9. The third-order valence-electron chi connectivity index (χ3n) is 5.29. The van der Waals surface area contributed by atoms with Gasteiger partial charge in [0.15, 0.2) is 12.1 Å². The highest BCUT2D eigenvalue weighted by atomic mass is 16.7. The average Bonchev–Trinajstić information content (AvgIpc) is 3.07. The lowest BCUT2D eigenvalue weighted by Crippen LogP contribution is -2.59. The highest BCUT2D eigenvalue weighted by molar-refractivity contribution is 5.90. The highest BCUT2D eigenvalue weighted by Crippen LogP contribution is 2.36. The van der Waals surface area contributed by atoms with Crippen molar-refractivity contribution in [1.29, 1.82) is 0 Å². The summed E-state index contributed by atoms with van der Waals surface area (Å²) < 4.78 is 22.5. The molecule has 2 unspecified atom stereocenters. The molecule has 0 bridgehead atoms. The summed E-state index contributed by atoms with van der Waals surface area (Å²) in [6.45, 7) is 17.5. The molecule has 0 spiro atoms. The first kappa shape index (κ1) is 30.8. The van der Waals surface area contributed by atoms with E-state index in [2.05, 4.69) is 5.32 Å². The molecule has 1 aliphatic rings. The van der Waals surface area contributed by atoms with Gasteiger partial charge in [-0.25, -0.2) is 9.59 Å². The number of carbonyl (C=O) groups excluding carboxylic acids is 4. The van der Waals surface area contributed by atoms with E-state index in [0.717, 1.165) is 0 Å². The lowest BCUT2D eigenvalue weighted by atomic mass is 9.90. The minimum Gasteiger partial charge on any atom is -0.458 e. The van der Waals surface area contributed by atoms with Crippen LogP contribution in [0, 0.1) is 5.92 Å². The summed E-state index contributed by atoms with van der Waals surface area (Å²) in [6.07, 6.45) is -0.996. The molecule has 2 amide bonds. The van der Waals surface area contributed by atoms with Gasteiger partial charge in [-0.05, 0) is 61.8 Å². The highest BCUT2D eigenvalue weighted by Gasteiger charge is 2.54. The Kier molecular flexibility index (Phi) is 11.2. The smallest absolute Gasteiger partial charge is 0.411 e. The number of likely N-dealkylation sites (tertiary alicyclic amines) is 1. The van der Waals surface area contributed by atoms with Gasteiger partial charge in [0.2, 0.25) is 5.91 Å². The molecule has 0 radical (unpaired) electrons. The van der Waals surface area contributed by atoms with Crippen molar-refractivity contribution in [2.24, 2.45) is 5.92 Å². The molecule has 0 aliphatic carbocycles. The van der Waals surface area contributed by atoms with Gasteiger partial charge < -0.3 is 24.3 Å². The molecule has 10 heteroatoms. The Hall–Kier alpha value is -2.20. The molecular weight excluding hydrogens is 456 g/mol. The number of ketones is 1. The number of rotatable bonds is 10. The van der Waals surface area contributed by atoms with E-state index in [1.165, 1.54) is 11.8 Å². The van der Waals surface area contributed by atoms with Crippen LogP contribution in [0.15, 0.2) is 0 Å². The van der Waals surface area contributed by atoms with Gasteiger partial charge in [-0.1, -0.05) is 6.92 Å². The normalized spacial score (nSPS) is 22.3. The summed E-state index contributed by atoms with van der Waals surface area (Å²) in [5.74, 6) is -1.79. The first-order chi connectivity index (χ1) is 16.0. The standard InChI is InChI=1S/C25H44N2O8/c1-11-19(29)20(26-15(3)28)21-17(14-33-16(4)32-12-2)13-18(22(30)34-24(5,6)7)27(21)23(31)35-25(8,9)10/h16-18,20-21H,11-14H2,1-10H3,(H,26,28)/t16?,17-,18+,20?,21+/m0/s1. The molecule has 0 aromatic carbocycles. The Morgan fingerprint density at radius 1 is 0.971 bits per heavy atom. The number of hydrogen-bond donors (Lipinski definition) is 1. The molecule has 5 atom stereocenters. The number of Topliss-reactive ketones (excluding diaryl/α,β-unsaturated/α-hetero) is 1. The Balaban J connectivity index is 3.55. The molecular formula is C25H44N2O8. The maximum Gasteiger partial charge on any atom is 0.411 e. The summed E-state index contributed by atoms with van der Waals surface area (Å²) in [5, 5.41) is 2.69. The molecule has 1 aliphatic heterocycles. The number of carbonyl (C=O) groups is 4. The van der Waals surface area contributed by atoms with Crippen molar-refractivity contribution in [3.8, 4) is 0 Å². The lowest BCUT2D eigenvalue weighted by molar-refractivity contribution is -0.160. The van der Waals surface area contributed by atoms with Crippen molar-refractivity contribution in [1.82, 2.24) is 10.2 Å². The van der Waals surface area contributed by atoms with Gasteiger partial charge in [0, 0.05) is 25.9 Å². The predicted octanol–water partition coefficient (Wildman–Crippen LogP) is 3.21. The van der Waals surface area contributed by atoms with Crippen molar-refractivity contribution in [2.45, 2.75) is 118 Å². The molecule has 1 heterocycles. The van der Waals surface area contributed by atoms with Gasteiger partial charge in [0.1, 0.15) is 23.3 Å². The number of esters is 1. The summed E-state index contributed by atoms with van der Waals surface area (Å²) in [5.41, 5.74) is -1.64. The molecule has 0 saturated carbocycles. The van der Waals surface area contributed by atoms with Crippen LogP contribution in [0.5, 0.6) is 0 Å². The maximum atomic E-state index is 13.4. The average molecular weight is 501 g/mol. The summed E-state index contributed by atoms with van der Waals surface area (Å²) in [6, 6.07) is -2.95. The fourth-order valence-corrected chi connectivity index (χ4v) is 4.05. The van der Waals surface area contributed by atoms with Gasteiger partial charge in [-0.3, -0.25) is 14.5 Å². The van der Waals surface area contributed by atoms with Crippen LogP contribution in [0.25, 0.3) is 0 Å². The monoisotopic (exact) mass is 500 g/mol. The molecule has 202 valence electrons. The van der Waals surface area contributed by atoms with E-state index >= 15 is 0 Å². The van der Waals surface area contributed by atoms with Crippen molar-refractivity contribution < 1.29 is 38.1 Å². The molecule has 1 saturated heterocycles. The van der Waals surface area contributed by atoms with Crippen LogP contribution in [0.4, 0.5) is 4.79 Å². The lowest BCUT2D eigenvalue weighted by Gasteiger charge is -2.37. The van der Waals surface area contributed by atoms with Gasteiger partial charge in [-0.2, -0.15) is 0 Å². The number of ether oxygens (including phenoxy) is 4. The molecule has 1 rings (SSSR count). The Bertz CT molecular complexity index is 756. The minimum absolute atomic E-state index is 0.0948. The van der Waals surface area contributed by atoms with Gasteiger partial charge >= 0.3 is 12.1 Å². The maximum absolute atomic E-state index is 13.4. The largest absolute Gasteiger partial charge is 0.458 e. The fraction of sp³-hybridized carbons (Fsp3) is 0.840. The van der Waals surface area contributed by atoms with Crippen LogP contribution in [0.3, 0.4) is 0 Å². The number of hydrogen-bond acceptors (Lipinski definition) is 8. The third kappa shape index (κ3) is 9.76. The Labute approximate surface area is 209 Å². The fourth-order valence-electron chi connectivity index (χ4n) is 4.05. The molecule has 1 N–H and O–H groups in total. The minimum atomic E-state index is -1.05. The van der Waals surface area contributed by atoms with Crippen molar-refractivity contribution in [2.75, 3.05) is 13.2 Å². The zero-order valence-corrected chi connectivity index (χ0v) is 22.9. The molecule has 0 aromatic heterocycles. The SMILES string of the molecule is CCOC(C)OC[C@@H]1C[C@H](C(=O)OC(C)(C)C)N(C(=O)OC(C)(C)C)[C@H]1C(NC(C)=O)C(=O)CC. The second-order valence-electron chi connectivity index (χ2n) is 10.8. The molecule has 10 nitrogen and oxygen atoms in total. The van der Waals surface area contributed by atoms with Crippen LogP contribution in [-0.2, 0) is 33.3 Å². The van der Waals surface area contributed by atoms with Gasteiger partial charge in [0.25, 0.3) is 0 Å². The number of nitrogens with one attached hydrogen (secondary N) is 1. The van der Waals surface area contributed by atoms with E-state index in [1.54, 1.807) is 55.4 Å². The molecule has 1 fully saturated rings. The van der Waals surface area contributed by atoms with Crippen LogP contribution in [-0.4, -0.2) is 77.5 Å². The first-order valence-electron chi connectivity index (χ1n) is 12.3. The van der Waals surface area contributed by atoms with Crippen molar-refractivity contribution in [3.63, 3.8) is 0 Å². The first-order valence-corrected chi connectivity index (χ1v) is 12.3. The van der Waals surface area contributed by atoms with Crippen LogP contribution in [0.1, 0.15) is 82.1 Å². The van der Waals surface area contributed by atoms with E-state index in [4.69, 9.17) is 18.9 Å². The number of nitrogens with zero attached hydrogens (tertiary/aromatic N) is 1. The molecule has 35 heavy (non-hydrogen) atoms. The summed E-state index contributed by atoms with van der Waals surface area (Å²) in [7, 11) is 0. The number of amides is 2. The predicted molar refractivity (Wildman–Crippen MR) is 130 cm³/mol. The van der Waals surface area contributed by atoms with Gasteiger partial charge in [-0.15, -0.1) is 0 Å². The zero-order chi connectivity index (χ0) is 27.1. The Morgan fingerprint density at radius 2 is 1.54 bits per heavy atom. The summed E-state index contributed by atoms with van der Waals surface area (Å²) >= 11 is 0. The van der Waals surface area contributed by atoms with Crippen molar-refractivity contribution in [3.05, 3.63) is 0 Å². The quantitative estimate of drug-likeness (QED) is 0.359. The van der Waals surface area contributed by atoms with E-state index < -0.39 is 59.5 Å². The van der Waals surface area contributed by atoms with E-state index in [1.807, 2.05) is 6.92 Å². The van der Waals surface area contributed by atoms with Crippen LogP contribution >= 0.6 is 0 Å². The topological polar surface area (TPSA) is 120 Å². The third-order valence-corrected chi connectivity index (χ3v) is 5.29. The van der Waals surface area contributed by atoms with Crippen LogP contribution in [0.2, 0.25) is 0 Å². The van der Waals surface area contributed by atoms with E-state index in [-0.39, 0.29) is 25.2 Å².